The summed E-state index contributed by atoms with van der Waals surface area (Å²) in [5.41, 5.74) is 15.2. The molecule has 35 heteroatoms. The first-order valence-corrected chi connectivity index (χ1v) is 54.3. The minimum atomic E-state index is -0.560. The van der Waals surface area contributed by atoms with E-state index in [1.54, 1.807) is 127 Å². The van der Waals surface area contributed by atoms with Crippen LogP contribution in [0.1, 0.15) is 274 Å². The van der Waals surface area contributed by atoms with E-state index in [2.05, 4.69) is 92.2 Å². The molecule has 0 aromatic carbocycles. The first kappa shape index (κ1) is 108. The predicted molar refractivity (Wildman–Crippen MR) is 569 cm³/mol. The van der Waals surface area contributed by atoms with Crippen LogP contribution in [0.4, 0.5) is 29.2 Å². The monoisotopic (exact) mass is 2040 g/mol. The summed E-state index contributed by atoms with van der Waals surface area (Å²) in [6, 6.07) is 7.89. The van der Waals surface area contributed by atoms with Crippen LogP contribution in [-0.4, -0.2) is 161 Å². The molecule has 4 aliphatic heterocycles. The third-order valence-corrected chi connectivity index (χ3v) is 33.3. The van der Waals surface area contributed by atoms with Crippen molar-refractivity contribution in [2.75, 3.05) is 23.7 Å². The molecule has 12 aromatic rings. The number of Topliss-reactive ketones (excluding diaryl/α,β-unsaturated/α-hetero) is 2. The van der Waals surface area contributed by atoms with Crippen molar-refractivity contribution in [3.63, 3.8) is 0 Å². The van der Waals surface area contributed by atoms with Crippen molar-refractivity contribution >= 4 is 189 Å². The number of rotatable bonds is 23. The number of nitrogens with two attached hydrogens (primary N) is 1. The lowest BCUT2D eigenvalue weighted by atomic mass is 9.95. The molecule has 139 heavy (non-hydrogen) atoms. The second-order valence-corrected chi connectivity index (χ2v) is 48.5. The summed E-state index contributed by atoms with van der Waals surface area (Å²) in [5, 5.41) is 10.9. The average molecular weight is 2040 g/mol. The molecular weight excluding hydrogens is 1910 g/mol. The van der Waals surface area contributed by atoms with E-state index in [0.717, 1.165) is 191 Å². The zero-order valence-corrected chi connectivity index (χ0v) is 90.6. The van der Waals surface area contributed by atoms with Crippen molar-refractivity contribution in [2.45, 2.75) is 314 Å². The summed E-state index contributed by atoms with van der Waals surface area (Å²) in [6.07, 6.45) is 27.6. The zero-order valence-electron chi connectivity index (χ0n) is 84.1. The summed E-state index contributed by atoms with van der Waals surface area (Å²) >= 11 is 12.7. The second-order valence-electron chi connectivity index (χ2n) is 39.9. The van der Waals surface area contributed by atoms with Crippen LogP contribution < -0.4 is 16.4 Å². The van der Waals surface area contributed by atoms with Gasteiger partial charge in [-0.2, -0.15) is 0 Å². The number of thiazole rings is 4. The number of pyridine rings is 4. The Morgan fingerprint density at radius 1 is 0.439 bits per heavy atom. The molecular formula is C104H133N15O12S8. The number of anilines is 2. The first-order chi connectivity index (χ1) is 65.7. The van der Waals surface area contributed by atoms with E-state index >= 15 is 0 Å². The molecule has 0 fully saturated rings. The molecule has 6 amide bonds. The number of carbonyl (C=O) groups is 8. The third-order valence-electron chi connectivity index (χ3n) is 24.0. The number of nitrogens with zero attached hydrogens (tertiary/aromatic N) is 12. The number of carbonyl (C=O) groups excluding carboxylic acids is 8. The molecule has 0 bridgehead atoms. The van der Waals surface area contributed by atoms with E-state index < -0.39 is 22.4 Å². The van der Waals surface area contributed by atoms with Gasteiger partial charge < -0.3 is 54.9 Å². The maximum Gasteiger partial charge on any atom is 0.410 e. The maximum absolute atomic E-state index is 13.1. The average Bonchev–Trinajstić information content (AvgIpc) is 1.62. The van der Waals surface area contributed by atoms with Gasteiger partial charge in [-0.3, -0.25) is 39.1 Å². The van der Waals surface area contributed by atoms with Crippen LogP contribution in [0, 0.1) is 11.8 Å². The SMILES string of the molecule is C=CC(=O)Nc1sc2c(c1-c1nc3cnccc3s1)CCN(C(=O)OC(C)(C)C)[C@H]2C.C=CC(=O)Nc1sc2c(c1-c1nc3cnccc3s1)C[C@H](C)N(C(=O)OC(C)(C)C)C2.CC[C@H](C)CCCC(=O)Cc1sc2c(c1-c1nc3cnccc3s1)CCN(C(=O)OC(C)(C)C)[C@H]2C.CC[C@H](C)CCCC(=O)Cc1sc2c(c1-c1nc3cnccc3s1)C[C@H](C)N(C(=O)OC(C)(C)C)C2.CC[C@H](C)N. The fourth-order valence-electron chi connectivity index (χ4n) is 16.3. The van der Waals surface area contributed by atoms with Crippen LogP contribution in [0.25, 0.3) is 83.2 Å². The number of ether oxygens (including phenoxy) is 4. The number of amides is 6. The van der Waals surface area contributed by atoms with E-state index in [1.807, 2.05) is 138 Å². The van der Waals surface area contributed by atoms with Gasteiger partial charge in [-0.25, -0.2) is 39.1 Å². The Bertz CT molecular complexity index is 6240. The van der Waals surface area contributed by atoms with Gasteiger partial charge in [0.1, 0.15) is 86.1 Å². The number of fused-ring (bicyclic) bond motifs is 8. The molecule has 16 heterocycles. The second kappa shape index (κ2) is 46.7. The molecule has 744 valence electrons. The highest BCUT2D eigenvalue weighted by atomic mass is 32.1. The maximum atomic E-state index is 13.1. The Balaban J connectivity index is 0.000000163. The van der Waals surface area contributed by atoms with Crippen molar-refractivity contribution in [1.82, 2.24) is 59.5 Å². The van der Waals surface area contributed by atoms with Crippen molar-refractivity contribution in [2.24, 2.45) is 17.6 Å². The molecule has 16 rings (SSSR count). The van der Waals surface area contributed by atoms with Crippen LogP contribution in [0.3, 0.4) is 0 Å². The van der Waals surface area contributed by atoms with Gasteiger partial charge in [0.2, 0.25) is 11.8 Å². The highest BCUT2D eigenvalue weighted by Crippen LogP contribution is 2.53. The van der Waals surface area contributed by atoms with Crippen LogP contribution >= 0.6 is 90.7 Å². The summed E-state index contributed by atoms with van der Waals surface area (Å²) in [5.74, 6) is 1.30. The van der Waals surface area contributed by atoms with E-state index in [-0.39, 0.29) is 71.9 Å². The number of ketones is 2. The molecule has 4 N–H and O–H groups in total. The number of aromatic nitrogens is 8. The van der Waals surface area contributed by atoms with Gasteiger partial charge in [-0.1, -0.05) is 73.5 Å². The van der Waals surface area contributed by atoms with Gasteiger partial charge in [-0.05, 0) is 233 Å². The fraction of sp³-hybridized carbons (Fsp3) is 0.500. The van der Waals surface area contributed by atoms with Crippen LogP contribution in [0.2, 0.25) is 0 Å². The molecule has 0 radical (unpaired) electrons. The summed E-state index contributed by atoms with van der Waals surface area (Å²) in [6.45, 7) is 52.8. The number of nitrogens with one attached hydrogen (secondary N) is 2. The smallest absolute Gasteiger partial charge is 0.410 e. The lowest BCUT2D eigenvalue weighted by molar-refractivity contribution is -0.119. The Hall–Kier alpha value is -10.2. The first-order valence-electron chi connectivity index (χ1n) is 47.8. The van der Waals surface area contributed by atoms with Gasteiger partial charge >= 0.3 is 24.4 Å². The Kier molecular flexibility index (Phi) is 36.1. The molecule has 0 saturated heterocycles. The standard InChI is InChI=1S/2C28H37N3O3S2.2C22H24N4O3S2.C4H11N/c1-7-17(2)9-8-10-19(32)15-23-24(26-30-21-16-29-13-11-22(21)36-26)20-12-14-31(18(3)25(20)35-23)27(33)34-28(4,5)6;1-7-17(2)9-8-10-19(32)14-23-25(26-30-21-15-29-12-11-22(21)36-26)20-13-18(3)31(16-24(20)35-23)27(33)34-28(4,5)6;1-6-16(27)25-20-17(19-24-14-11-23-9-7-15(14)30-19)13-8-10-26(12(2)18(13)31-20)21(28)29-22(3,4)5;1-6-17(27)25-20-18(19-24-14-10-23-8-7-15(14)30-19)13-9-12(2)26(11-16(13)31-20)21(28)29-22(3,4)5;1-3-4(2)5/h11,13,16-18H,7-10,12,14-15H2,1-6H3;11-12,15,17-18H,7-10,13-14,16H2,1-6H3;6-7,9,11-12H,1,8,10H2,2-5H3,(H,25,27);6-8,10,12H,1,9,11H2,2-5H3,(H,25,27);4H,3,5H2,1-2H3/t2*17-,18-;2*12-;4-/m00000/s1. The van der Waals surface area contributed by atoms with Crippen molar-refractivity contribution in [3.05, 3.63) is 151 Å². The van der Waals surface area contributed by atoms with Crippen molar-refractivity contribution in [3.8, 4) is 42.3 Å². The summed E-state index contributed by atoms with van der Waals surface area (Å²) in [7, 11) is 0. The molecule has 0 unspecified atom stereocenters. The largest absolute Gasteiger partial charge is 0.444 e. The Morgan fingerprint density at radius 3 is 1.09 bits per heavy atom. The number of hydrogen-bond acceptors (Lipinski definition) is 29. The minimum absolute atomic E-state index is 0.00386. The van der Waals surface area contributed by atoms with E-state index in [9.17, 15) is 38.4 Å². The normalized spacial score (nSPS) is 16.4. The van der Waals surface area contributed by atoms with Gasteiger partial charge in [0, 0.05) is 133 Å². The lowest BCUT2D eigenvalue weighted by Gasteiger charge is -2.35. The van der Waals surface area contributed by atoms with E-state index in [4.69, 9.17) is 44.6 Å². The molecule has 4 aliphatic rings. The van der Waals surface area contributed by atoms with Crippen LogP contribution in [-0.2, 0) is 89.7 Å². The van der Waals surface area contributed by atoms with Gasteiger partial charge in [0.05, 0.1) is 68.8 Å². The molecule has 27 nitrogen and oxygen atoms in total. The Labute approximate surface area is 848 Å². The van der Waals surface area contributed by atoms with Crippen LogP contribution in [0.5, 0.6) is 0 Å². The number of hydrogen-bond donors (Lipinski definition) is 3. The highest BCUT2D eigenvalue weighted by Gasteiger charge is 2.42. The Morgan fingerprint density at radius 2 is 0.748 bits per heavy atom. The topological polar surface area (TPSA) is 340 Å². The van der Waals surface area contributed by atoms with Gasteiger partial charge in [0.15, 0.2) is 0 Å². The predicted octanol–water partition coefficient (Wildman–Crippen LogP) is 26.4. The number of thiophene rings is 4. The molecule has 7 atom stereocenters. The van der Waals surface area contributed by atoms with E-state index in [1.165, 1.54) is 46.0 Å². The third kappa shape index (κ3) is 27.8. The molecule has 0 saturated carbocycles. The summed E-state index contributed by atoms with van der Waals surface area (Å²) in [4.78, 5) is 151. The molecule has 0 aliphatic carbocycles. The zero-order chi connectivity index (χ0) is 101. The lowest BCUT2D eigenvalue weighted by Crippen LogP contribution is -2.44. The highest BCUT2D eigenvalue weighted by molar-refractivity contribution is 7.24. The van der Waals surface area contributed by atoms with Gasteiger partial charge in [-0.15, -0.1) is 90.7 Å². The van der Waals surface area contributed by atoms with Crippen LogP contribution in [0.15, 0.2) is 99.2 Å². The molecule has 0 spiro atoms. The van der Waals surface area contributed by atoms with Crippen molar-refractivity contribution < 1.29 is 57.3 Å². The van der Waals surface area contributed by atoms with E-state index in [0.29, 0.717) is 82.6 Å². The van der Waals surface area contributed by atoms with Crippen molar-refractivity contribution in [1.29, 1.82) is 0 Å². The molecule has 12 aromatic heterocycles. The summed E-state index contributed by atoms with van der Waals surface area (Å²) < 4.78 is 26.8. The fourth-order valence-corrected chi connectivity index (χ4v) is 26.0. The van der Waals surface area contributed by atoms with Gasteiger partial charge in [0.25, 0.3) is 0 Å². The quantitative estimate of drug-likeness (QED) is 0.0395. The minimum Gasteiger partial charge on any atom is -0.444 e.